The van der Waals surface area contributed by atoms with Crippen LogP contribution in [0.25, 0.3) is 6.08 Å². The lowest BCUT2D eigenvalue weighted by Crippen LogP contribution is -2.01. The van der Waals surface area contributed by atoms with Crippen LogP contribution in [0.15, 0.2) is 48.5 Å². The number of methoxy groups -OCH3 is 1. The van der Waals surface area contributed by atoms with E-state index in [0.717, 1.165) is 28.0 Å². The maximum atomic E-state index is 9.25. The van der Waals surface area contributed by atoms with Crippen molar-refractivity contribution in [3.05, 3.63) is 70.8 Å². The van der Waals surface area contributed by atoms with Crippen LogP contribution in [0.2, 0.25) is 0 Å². The second kappa shape index (κ2) is 4.62. The zero-order chi connectivity index (χ0) is 13.2. The zero-order valence-electron chi connectivity index (χ0n) is 10.6. The summed E-state index contributed by atoms with van der Waals surface area (Å²) in [5, 5.41) is 9.25. The van der Waals surface area contributed by atoms with Crippen molar-refractivity contribution in [2.75, 3.05) is 7.11 Å². The normalized spacial score (nSPS) is 15.9. The van der Waals surface area contributed by atoms with Crippen LogP contribution in [-0.2, 0) is 0 Å². The first-order valence-electron chi connectivity index (χ1n) is 6.19. The first-order valence-corrected chi connectivity index (χ1v) is 6.19. The van der Waals surface area contributed by atoms with E-state index in [1.54, 1.807) is 7.11 Å². The molecule has 0 spiro atoms. The summed E-state index contributed by atoms with van der Waals surface area (Å²) in [6, 6.07) is 16.0. The van der Waals surface area contributed by atoms with Crippen molar-refractivity contribution in [2.24, 2.45) is 0 Å². The Hall–Kier alpha value is -2.53. The Balaban J connectivity index is 2.17. The molecule has 1 unspecified atom stereocenters. The Bertz CT molecular complexity index is 695. The quantitative estimate of drug-likeness (QED) is 0.810. The van der Waals surface area contributed by atoms with Gasteiger partial charge in [0.25, 0.3) is 0 Å². The molecule has 0 radical (unpaired) electrons. The molecule has 0 amide bonds. The Morgan fingerprint density at radius 1 is 1.11 bits per heavy atom. The molecule has 1 aliphatic rings. The number of rotatable bonds is 2. The first-order chi connectivity index (χ1) is 9.35. The highest BCUT2D eigenvalue weighted by atomic mass is 16.5. The fourth-order valence-electron chi connectivity index (χ4n) is 2.64. The van der Waals surface area contributed by atoms with Crippen molar-refractivity contribution >= 4 is 6.08 Å². The third kappa shape index (κ3) is 1.80. The fourth-order valence-corrected chi connectivity index (χ4v) is 2.64. The van der Waals surface area contributed by atoms with Gasteiger partial charge in [-0.1, -0.05) is 42.5 Å². The third-order valence-electron chi connectivity index (χ3n) is 3.52. The zero-order valence-corrected chi connectivity index (χ0v) is 10.6. The summed E-state index contributed by atoms with van der Waals surface area (Å²) in [6.07, 6.45) is 4.22. The smallest absolute Gasteiger partial charge is 0.123 e. The Morgan fingerprint density at radius 3 is 2.74 bits per heavy atom. The number of fused-ring (bicyclic) bond motifs is 1. The number of benzene rings is 2. The van der Waals surface area contributed by atoms with Gasteiger partial charge in [0.15, 0.2) is 0 Å². The van der Waals surface area contributed by atoms with E-state index in [2.05, 4.69) is 24.3 Å². The molecule has 0 bridgehead atoms. The second-order valence-corrected chi connectivity index (χ2v) is 4.50. The van der Waals surface area contributed by atoms with Gasteiger partial charge in [0.1, 0.15) is 5.75 Å². The molecule has 92 valence electrons. The summed E-state index contributed by atoms with van der Waals surface area (Å²) >= 11 is 0. The van der Waals surface area contributed by atoms with Crippen molar-refractivity contribution in [2.45, 2.75) is 5.92 Å². The standard InChI is InChI=1S/C17H13NO/c1-19-16-8-4-6-12-9-10-15(17(12)16)14-7-3-2-5-13(14)11-18/h2-10,15H,1H3. The topological polar surface area (TPSA) is 33.0 Å². The number of hydrogen-bond acceptors (Lipinski definition) is 2. The van der Waals surface area contributed by atoms with Crippen LogP contribution < -0.4 is 4.74 Å². The molecular weight excluding hydrogens is 234 g/mol. The molecule has 2 aromatic carbocycles. The maximum absolute atomic E-state index is 9.25. The van der Waals surface area contributed by atoms with Crippen LogP contribution in [0.4, 0.5) is 0 Å². The molecule has 0 heterocycles. The van der Waals surface area contributed by atoms with E-state index in [0.29, 0.717) is 0 Å². The third-order valence-corrected chi connectivity index (χ3v) is 3.52. The molecule has 0 saturated carbocycles. The van der Waals surface area contributed by atoms with E-state index < -0.39 is 0 Å². The molecular formula is C17H13NO. The summed E-state index contributed by atoms with van der Waals surface area (Å²) in [6.45, 7) is 0. The van der Waals surface area contributed by atoms with E-state index in [4.69, 9.17) is 4.74 Å². The summed E-state index contributed by atoms with van der Waals surface area (Å²) in [5.41, 5.74) is 4.06. The van der Waals surface area contributed by atoms with Gasteiger partial charge < -0.3 is 4.74 Å². The summed E-state index contributed by atoms with van der Waals surface area (Å²) in [4.78, 5) is 0. The lowest BCUT2D eigenvalue weighted by atomic mass is 9.89. The molecule has 0 saturated heterocycles. The molecule has 3 rings (SSSR count). The lowest BCUT2D eigenvalue weighted by molar-refractivity contribution is 0.409. The summed E-state index contributed by atoms with van der Waals surface area (Å²) in [5.74, 6) is 0.974. The number of hydrogen-bond donors (Lipinski definition) is 0. The molecule has 0 fully saturated rings. The van der Waals surface area contributed by atoms with Crippen LogP contribution in [0.3, 0.4) is 0 Å². The van der Waals surface area contributed by atoms with E-state index in [1.807, 2.05) is 36.4 Å². The average Bonchev–Trinajstić information content (AvgIpc) is 2.91. The highest BCUT2D eigenvalue weighted by molar-refractivity contribution is 5.69. The van der Waals surface area contributed by atoms with Crippen molar-refractivity contribution in [3.63, 3.8) is 0 Å². The van der Waals surface area contributed by atoms with Gasteiger partial charge >= 0.3 is 0 Å². The van der Waals surface area contributed by atoms with Crippen LogP contribution in [0.1, 0.15) is 28.2 Å². The van der Waals surface area contributed by atoms with Crippen molar-refractivity contribution in [3.8, 4) is 11.8 Å². The minimum atomic E-state index is 0.0991. The predicted octanol–water partition coefficient (Wildman–Crippen LogP) is 3.73. The van der Waals surface area contributed by atoms with Crippen LogP contribution in [0, 0.1) is 11.3 Å². The highest BCUT2D eigenvalue weighted by Crippen LogP contribution is 2.41. The first kappa shape index (κ1) is 11.6. The Labute approximate surface area is 112 Å². The van der Waals surface area contributed by atoms with Crippen molar-refractivity contribution in [1.82, 2.24) is 0 Å². The number of nitriles is 1. The maximum Gasteiger partial charge on any atom is 0.123 e. The molecule has 1 aliphatic carbocycles. The number of nitrogens with zero attached hydrogens (tertiary/aromatic N) is 1. The minimum absolute atomic E-state index is 0.0991. The van der Waals surface area contributed by atoms with Gasteiger partial charge in [0.05, 0.1) is 18.7 Å². The average molecular weight is 247 g/mol. The Morgan fingerprint density at radius 2 is 1.95 bits per heavy atom. The van der Waals surface area contributed by atoms with Crippen LogP contribution in [0.5, 0.6) is 5.75 Å². The van der Waals surface area contributed by atoms with E-state index in [9.17, 15) is 5.26 Å². The van der Waals surface area contributed by atoms with Crippen LogP contribution in [-0.4, -0.2) is 7.11 Å². The van der Waals surface area contributed by atoms with E-state index >= 15 is 0 Å². The lowest BCUT2D eigenvalue weighted by Gasteiger charge is -2.16. The van der Waals surface area contributed by atoms with Gasteiger partial charge in [-0.25, -0.2) is 0 Å². The molecule has 19 heavy (non-hydrogen) atoms. The predicted molar refractivity (Wildman–Crippen MR) is 75.0 cm³/mol. The molecule has 2 aromatic rings. The number of allylic oxidation sites excluding steroid dienone is 1. The SMILES string of the molecule is COc1cccc2c1C(c1ccccc1C#N)C=C2. The second-order valence-electron chi connectivity index (χ2n) is 4.50. The number of ether oxygens (including phenoxy) is 1. The van der Waals surface area contributed by atoms with Gasteiger partial charge in [-0.2, -0.15) is 5.26 Å². The van der Waals surface area contributed by atoms with Crippen molar-refractivity contribution in [1.29, 1.82) is 5.26 Å². The molecule has 2 nitrogen and oxygen atoms in total. The summed E-state index contributed by atoms with van der Waals surface area (Å²) < 4.78 is 5.46. The van der Waals surface area contributed by atoms with Gasteiger partial charge in [-0.15, -0.1) is 0 Å². The summed E-state index contributed by atoms with van der Waals surface area (Å²) in [7, 11) is 1.68. The fraction of sp³-hybridized carbons (Fsp3) is 0.118. The van der Waals surface area contributed by atoms with Gasteiger partial charge in [-0.05, 0) is 23.3 Å². The molecule has 0 aromatic heterocycles. The van der Waals surface area contributed by atoms with Crippen LogP contribution >= 0.6 is 0 Å². The monoisotopic (exact) mass is 247 g/mol. The largest absolute Gasteiger partial charge is 0.496 e. The molecule has 2 heteroatoms. The van der Waals surface area contributed by atoms with Gasteiger partial charge in [0, 0.05) is 11.5 Å². The van der Waals surface area contributed by atoms with E-state index in [-0.39, 0.29) is 5.92 Å². The minimum Gasteiger partial charge on any atom is -0.496 e. The van der Waals surface area contributed by atoms with E-state index in [1.165, 1.54) is 0 Å². The highest BCUT2D eigenvalue weighted by Gasteiger charge is 2.24. The molecule has 0 N–H and O–H groups in total. The van der Waals surface area contributed by atoms with Gasteiger partial charge in [-0.3, -0.25) is 0 Å². The Kier molecular flexibility index (Phi) is 2.81. The molecule has 0 aliphatic heterocycles. The molecule has 1 atom stereocenters. The van der Waals surface area contributed by atoms with Crippen molar-refractivity contribution < 1.29 is 4.74 Å². The van der Waals surface area contributed by atoms with Gasteiger partial charge in [0.2, 0.25) is 0 Å².